The van der Waals surface area contributed by atoms with Crippen LogP contribution in [0, 0.1) is 0 Å². The van der Waals surface area contributed by atoms with Crippen molar-refractivity contribution < 1.29 is 19.1 Å². The summed E-state index contributed by atoms with van der Waals surface area (Å²) in [6.45, 7) is 6.98. The zero-order valence-corrected chi connectivity index (χ0v) is 15.8. The quantitative estimate of drug-likeness (QED) is 0.883. The van der Waals surface area contributed by atoms with Crippen LogP contribution < -0.4 is 10.5 Å². The molecule has 2 aliphatic rings. The van der Waals surface area contributed by atoms with Gasteiger partial charge in [0.1, 0.15) is 16.9 Å². The van der Waals surface area contributed by atoms with E-state index in [1.54, 1.807) is 12.0 Å². The predicted molar refractivity (Wildman–Crippen MR) is 96.7 cm³/mol. The maximum Gasteiger partial charge on any atom is 0.410 e. The summed E-state index contributed by atoms with van der Waals surface area (Å²) >= 11 is 0. The van der Waals surface area contributed by atoms with Crippen molar-refractivity contribution in [1.29, 1.82) is 0 Å². The average Bonchev–Trinajstić information content (AvgIpc) is 3.11. The summed E-state index contributed by atoms with van der Waals surface area (Å²) in [6.07, 6.45) is 0.173. The normalized spacial score (nSPS) is 25.4. The van der Waals surface area contributed by atoms with Gasteiger partial charge in [0, 0.05) is 13.1 Å². The van der Waals surface area contributed by atoms with Gasteiger partial charge >= 0.3 is 6.09 Å². The third-order valence-electron chi connectivity index (χ3n) is 5.10. The Labute approximate surface area is 154 Å². The van der Waals surface area contributed by atoms with E-state index in [1.807, 2.05) is 45.0 Å². The Hall–Kier alpha value is -2.28. The van der Waals surface area contributed by atoms with Crippen LogP contribution in [0.2, 0.25) is 0 Å². The maximum atomic E-state index is 12.5. The summed E-state index contributed by atoms with van der Waals surface area (Å²) in [4.78, 5) is 28.5. The Morgan fingerprint density at radius 3 is 2.46 bits per heavy atom. The van der Waals surface area contributed by atoms with Gasteiger partial charge in [0.05, 0.1) is 19.7 Å². The number of hydrogen-bond acceptors (Lipinski definition) is 5. The molecule has 2 N–H and O–H groups in total. The fourth-order valence-corrected chi connectivity index (χ4v) is 3.83. The van der Waals surface area contributed by atoms with Crippen LogP contribution in [0.15, 0.2) is 24.3 Å². The van der Waals surface area contributed by atoms with E-state index in [9.17, 15) is 9.59 Å². The van der Waals surface area contributed by atoms with Gasteiger partial charge in [-0.2, -0.15) is 0 Å². The van der Waals surface area contributed by atoms with Crippen LogP contribution in [0.4, 0.5) is 4.79 Å². The van der Waals surface area contributed by atoms with E-state index >= 15 is 0 Å². The van der Waals surface area contributed by atoms with Crippen LogP contribution in [-0.2, 0) is 16.1 Å². The molecule has 142 valence electrons. The number of carbonyl (C=O) groups excluding carboxylic acids is 2. The molecule has 26 heavy (non-hydrogen) atoms. The highest BCUT2D eigenvalue weighted by molar-refractivity contribution is 5.87. The lowest BCUT2D eigenvalue weighted by Gasteiger charge is -2.40. The van der Waals surface area contributed by atoms with Crippen LogP contribution >= 0.6 is 0 Å². The van der Waals surface area contributed by atoms with Crippen molar-refractivity contribution in [1.82, 2.24) is 9.80 Å². The van der Waals surface area contributed by atoms with Crippen molar-refractivity contribution in [2.45, 2.75) is 50.9 Å². The number of amides is 2. The van der Waals surface area contributed by atoms with E-state index < -0.39 is 11.1 Å². The van der Waals surface area contributed by atoms with Crippen LogP contribution in [0.5, 0.6) is 5.75 Å². The summed E-state index contributed by atoms with van der Waals surface area (Å²) < 4.78 is 10.7. The van der Waals surface area contributed by atoms with Crippen molar-refractivity contribution in [3.05, 3.63) is 29.8 Å². The fraction of sp³-hybridized carbons (Fsp3) is 0.579. The molecular weight excluding hydrogens is 334 g/mol. The molecule has 2 saturated heterocycles. The smallest absolute Gasteiger partial charge is 0.410 e. The Morgan fingerprint density at radius 1 is 1.27 bits per heavy atom. The molecule has 0 aromatic heterocycles. The van der Waals surface area contributed by atoms with Gasteiger partial charge in [-0.3, -0.25) is 9.69 Å². The lowest BCUT2D eigenvalue weighted by molar-refractivity contribution is -0.129. The van der Waals surface area contributed by atoms with Crippen LogP contribution in [0.25, 0.3) is 0 Å². The molecule has 1 aromatic carbocycles. The number of methoxy groups -OCH3 is 1. The zero-order chi connectivity index (χ0) is 19.1. The number of nitrogens with two attached hydrogens (primary N) is 1. The lowest BCUT2D eigenvalue weighted by atomic mass is 9.97. The number of benzene rings is 1. The number of hydrogen-bond donors (Lipinski definition) is 1. The Morgan fingerprint density at radius 2 is 1.92 bits per heavy atom. The first kappa shape index (κ1) is 18.5. The van der Waals surface area contributed by atoms with Crippen LogP contribution in [-0.4, -0.2) is 59.2 Å². The first-order valence-corrected chi connectivity index (χ1v) is 8.82. The van der Waals surface area contributed by atoms with E-state index in [2.05, 4.69) is 4.90 Å². The summed E-state index contributed by atoms with van der Waals surface area (Å²) in [5.41, 5.74) is 5.44. The summed E-state index contributed by atoms with van der Waals surface area (Å²) in [6, 6.07) is 7.69. The summed E-state index contributed by atoms with van der Waals surface area (Å²) in [7, 11) is 1.63. The molecule has 2 atom stereocenters. The molecule has 1 aromatic rings. The van der Waals surface area contributed by atoms with Gasteiger partial charge in [-0.25, -0.2) is 4.79 Å². The molecule has 0 aliphatic carbocycles. The molecule has 2 bridgehead atoms. The average molecular weight is 361 g/mol. The minimum Gasteiger partial charge on any atom is -0.497 e. The number of piperazine rings is 1. The summed E-state index contributed by atoms with van der Waals surface area (Å²) in [5, 5.41) is 0. The number of carbonyl (C=O) groups is 2. The van der Waals surface area contributed by atoms with Gasteiger partial charge in [-0.15, -0.1) is 0 Å². The third kappa shape index (κ3) is 3.35. The molecule has 7 nitrogen and oxygen atoms in total. The van der Waals surface area contributed by atoms with E-state index in [-0.39, 0.29) is 24.6 Å². The predicted octanol–water partition coefficient (Wildman–Crippen LogP) is 1.74. The monoisotopic (exact) mass is 361 g/mol. The van der Waals surface area contributed by atoms with E-state index in [4.69, 9.17) is 15.2 Å². The number of likely N-dealkylation sites (tertiary alicyclic amines) is 2. The Bertz CT molecular complexity index is 698. The van der Waals surface area contributed by atoms with Gasteiger partial charge < -0.3 is 20.1 Å². The highest BCUT2D eigenvalue weighted by Gasteiger charge is 2.60. The molecule has 2 fully saturated rings. The number of primary amides is 1. The fourth-order valence-electron chi connectivity index (χ4n) is 3.83. The molecule has 0 spiro atoms. The van der Waals surface area contributed by atoms with Crippen LogP contribution in [0.1, 0.15) is 32.8 Å². The molecule has 2 heterocycles. The largest absolute Gasteiger partial charge is 0.497 e. The first-order valence-electron chi connectivity index (χ1n) is 8.82. The molecule has 2 aliphatic heterocycles. The number of ether oxygens (including phenoxy) is 2. The Balaban J connectivity index is 1.75. The minimum atomic E-state index is -0.832. The standard InChI is InChI=1S/C19H27N3O4/c1-18(2,3)26-17(24)22-12-19(16(20)23)9-14(22)11-21(19)10-13-5-7-15(25-4)8-6-13/h5-8,14H,9-12H2,1-4H3,(H2,20,23)/t14-,19?/m0/s1. The maximum absolute atomic E-state index is 12.5. The van der Waals surface area contributed by atoms with Crippen molar-refractivity contribution in [3.63, 3.8) is 0 Å². The molecule has 7 heteroatoms. The van der Waals surface area contributed by atoms with Crippen LogP contribution in [0.3, 0.4) is 0 Å². The summed E-state index contributed by atoms with van der Waals surface area (Å²) in [5.74, 6) is 0.400. The third-order valence-corrected chi connectivity index (χ3v) is 5.10. The van der Waals surface area contributed by atoms with Gasteiger partial charge in [0.25, 0.3) is 0 Å². The lowest BCUT2D eigenvalue weighted by Crippen LogP contribution is -2.61. The molecule has 0 radical (unpaired) electrons. The topological polar surface area (TPSA) is 85.1 Å². The number of nitrogens with zero attached hydrogens (tertiary/aromatic N) is 2. The van der Waals surface area contributed by atoms with E-state index in [0.29, 0.717) is 19.5 Å². The van der Waals surface area contributed by atoms with Crippen molar-refractivity contribution in [2.75, 3.05) is 20.2 Å². The van der Waals surface area contributed by atoms with Gasteiger partial charge in [-0.1, -0.05) is 12.1 Å². The number of fused-ring (bicyclic) bond motifs is 2. The SMILES string of the molecule is COc1ccc(CN2C[C@@H]3CC2(C(N)=O)CN3C(=O)OC(C)(C)C)cc1. The van der Waals surface area contributed by atoms with Crippen molar-refractivity contribution in [3.8, 4) is 5.75 Å². The van der Waals surface area contributed by atoms with Gasteiger partial charge in [0.15, 0.2) is 0 Å². The number of rotatable bonds is 4. The minimum absolute atomic E-state index is 0.0596. The highest BCUT2D eigenvalue weighted by Crippen LogP contribution is 2.41. The van der Waals surface area contributed by atoms with Gasteiger partial charge in [0.2, 0.25) is 5.91 Å². The molecular formula is C19H27N3O4. The van der Waals surface area contributed by atoms with E-state index in [1.165, 1.54) is 0 Å². The second-order valence-electron chi connectivity index (χ2n) is 8.09. The Kier molecular flexibility index (Phi) is 4.60. The second-order valence-corrected chi connectivity index (χ2v) is 8.09. The molecule has 2 amide bonds. The first-order chi connectivity index (χ1) is 12.1. The molecule has 3 rings (SSSR count). The highest BCUT2D eigenvalue weighted by atomic mass is 16.6. The van der Waals surface area contributed by atoms with Crippen molar-refractivity contribution in [2.24, 2.45) is 5.73 Å². The second kappa shape index (κ2) is 6.46. The van der Waals surface area contributed by atoms with E-state index in [0.717, 1.165) is 11.3 Å². The van der Waals surface area contributed by atoms with Gasteiger partial charge in [-0.05, 0) is 44.9 Å². The molecule has 0 saturated carbocycles. The van der Waals surface area contributed by atoms with Crippen molar-refractivity contribution >= 4 is 12.0 Å². The molecule has 1 unspecified atom stereocenters. The zero-order valence-electron chi connectivity index (χ0n) is 15.8.